The van der Waals surface area contributed by atoms with E-state index in [4.69, 9.17) is 21.1 Å². The molecule has 0 radical (unpaired) electrons. The molecule has 1 saturated heterocycles. The van der Waals surface area contributed by atoms with Crippen LogP contribution in [0.15, 0.2) is 65.6 Å². The molecule has 34 heavy (non-hydrogen) atoms. The van der Waals surface area contributed by atoms with Crippen molar-refractivity contribution in [2.75, 3.05) is 7.11 Å². The Morgan fingerprint density at radius 1 is 1.06 bits per heavy atom. The van der Waals surface area contributed by atoms with Crippen molar-refractivity contribution in [3.05, 3.63) is 96.4 Å². The number of ether oxygens (including phenoxy) is 2. The van der Waals surface area contributed by atoms with E-state index in [1.165, 1.54) is 10.5 Å². The summed E-state index contributed by atoms with van der Waals surface area (Å²) in [6.45, 7) is 2.66. The average Bonchev–Trinajstić information content (AvgIpc) is 3.06. The van der Waals surface area contributed by atoms with Gasteiger partial charge in [0, 0.05) is 5.02 Å². The Kier molecular flexibility index (Phi) is 7.85. The fourth-order valence-corrected chi connectivity index (χ4v) is 5.23. The third kappa shape index (κ3) is 5.76. The van der Waals surface area contributed by atoms with Crippen LogP contribution in [0.4, 0.5) is 4.79 Å². The van der Waals surface area contributed by atoms with Crippen LogP contribution in [0.25, 0.3) is 6.08 Å². The summed E-state index contributed by atoms with van der Waals surface area (Å²) < 4.78 is 12.5. The van der Waals surface area contributed by atoms with E-state index >= 15 is 0 Å². The maximum absolute atomic E-state index is 12.9. The molecule has 1 aliphatic rings. The number of rotatable bonds is 7. The van der Waals surface area contributed by atoms with Crippen molar-refractivity contribution in [3.8, 4) is 11.5 Å². The lowest BCUT2D eigenvalue weighted by Gasteiger charge is -2.14. The monoisotopic (exact) mass is 605 g/mol. The fraction of sp³-hybridized carbons (Fsp3) is 0.154. The van der Waals surface area contributed by atoms with Crippen molar-refractivity contribution < 1.29 is 19.1 Å². The SMILES string of the molecule is COc1cc(/C=C2\SC(=O)N(Cc3ccc(Cl)cc3)C2=O)cc(I)c1OCc1cccc(C)c1. The predicted octanol–water partition coefficient (Wildman–Crippen LogP) is 7.08. The Hall–Kier alpha value is -2.49. The number of halogens is 2. The summed E-state index contributed by atoms with van der Waals surface area (Å²) in [5, 5.41) is 0.304. The van der Waals surface area contributed by atoms with Crippen LogP contribution in [0.3, 0.4) is 0 Å². The zero-order valence-electron chi connectivity index (χ0n) is 18.5. The summed E-state index contributed by atoms with van der Waals surface area (Å²) in [5.74, 6) is 0.877. The largest absolute Gasteiger partial charge is 0.493 e. The first-order valence-corrected chi connectivity index (χ1v) is 12.7. The lowest BCUT2D eigenvalue weighted by Crippen LogP contribution is -2.27. The van der Waals surface area contributed by atoms with Gasteiger partial charge in [0.05, 0.1) is 22.1 Å². The maximum Gasteiger partial charge on any atom is 0.293 e. The predicted molar refractivity (Wildman–Crippen MR) is 144 cm³/mol. The molecular weight excluding hydrogens is 585 g/mol. The number of thioether (sulfide) groups is 1. The van der Waals surface area contributed by atoms with Gasteiger partial charge in [0.2, 0.25) is 0 Å². The number of carbonyl (C=O) groups is 2. The molecule has 0 aromatic heterocycles. The second-order valence-electron chi connectivity index (χ2n) is 7.71. The number of carbonyl (C=O) groups excluding carboxylic acids is 2. The van der Waals surface area contributed by atoms with Gasteiger partial charge < -0.3 is 9.47 Å². The van der Waals surface area contributed by atoms with Gasteiger partial charge >= 0.3 is 0 Å². The minimum Gasteiger partial charge on any atom is -0.493 e. The van der Waals surface area contributed by atoms with Crippen LogP contribution in [0.5, 0.6) is 11.5 Å². The van der Waals surface area contributed by atoms with Gasteiger partial charge in [-0.1, -0.05) is 53.6 Å². The molecule has 1 fully saturated rings. The molecule has 1 aliphatic heterocycles. The van der Waals surface area contributed by atoms with Gasteiger partial charge in [0.25, 0.3) is 11.1 Å². The second-order valence-corrected chi connectivity index (χ2v) is 10.3. The summed E-state index contributed by atoms with van der Waals surface area (Å²) in [6.07, 6.45) is 1.71. The normalized spacial score (nSPS) is 14.7. The van der Waals surface area contributed by atoms with Crippen LogP contribution in [0.2, 0.25) is 5.02 Å². The topological polar surface area (TPSA) is 55.8 Å². The number of nitrogens with zero attached hydrogens (tertiary/aromatic N) is 1. The van der Waals surface area contributed by atoms with E-state index in [9.17, 15) is 9.59 Å². The Balaban J connectivity index is 1.53. The molecule has 2 amide bonds. The summed E-state index contributed by atoms with van der Waals surface area (Å²) in [5.41, 5.74) is 3.82. The number of methoxy groups -OCH3 is 1. The standard InChI is InChI=1S/C26H21ClINO4S/c1-16-4-3-5-18(10-16)15-33-24-21(28)11-19(12-22(24)32-2)13-23-25(30)29(26(31)34-23)14-17-6-8-20(27)9-7-17/h3-13H,14-15H2,1-2H3/b23-13-. The summed E-state index contributed by atoms with van der Waals surface area (Å²) in [6, 6.07) is 18.9. The van der Waals surface area contributed by atoms with Crippen molar-refractivity contribution >= 4 is 63.2 Å². The lowest BCUT2D eigenvalue weighted by molar-refractivity contribution is -0.123. The van der Waals surface area contributed by atoms with E-state index in [2.05, 4.69) is 28.7 Å². The van der Waals surface area contributed by atoms with Gasteiger partial charge in [-0.05, 0) is 88.3 Å². The third-order valence-corrected chi connectivity index (χ3v) is 7.10. The molecule has 0 atom stereocenters. The molecule has 0 spiro atoms. The van der Waals surface area contributed by atoms with Gasteiger partial charge in [-0.15, -0.1) is 0 Å². The number of amides is 2. The summed E-state index contributed by atoms with van der Waals surface area (Å²) in [4.78, 5) is 27.0. The molecule has 0 bridgehead atoms. The highest BCUT2D eigenvalue weighted by Gasteiger charge is 2.35. The molecule has 0 unspecified atom stereocenters. The minimum atomic E-state index is -0.321. The first kappa shape index (κ1) is 24.6. The van der Waals surface area contributed by atoms with Gasteiger partial charge in [0.15, 0.2) is 11.5 Å². The molecule has 8 heteroatoms. The average molecular weight is 606 g/mol. The van der Waals surface area contributed by atoms with Crippen molar-refractivity contribution in [1.29, 1.82) is 0 Å². The molecule has 1 heterocycles. The Bertz CT molecular complexity index is 1280. The number of hydrogen-bond acceptors (Lipinski definition) is 5. The first-order chi connectivity index (χ1) is 16.3. The van der Waals surface area contributed by atoms with E-state index in [1.807, 2.05) is 31.2 Å². The highest BCUT2D eigenvalue weighted by atomic mass is 127. The third-order valence-electron chi connectivity index (χ3n) is 5.14. The number of imide groups is 1. The molecule has 0 aliphatic carbocycles. The molecular formula is C26H21ClINO4S. The summed E-state index contributed by atoms with van der Waals surface area (Å²) in [7, 11) is 1.58. The molecule has 4 rings (SSSR count). The first-order valence-electron chi connectivity index (χ1n) is 10.4. The molecule has 174 valence electrons. The van der Waals surface area contributed by atoms with E-state index in [1.54, 1.807) is 43.5 Å². The number of benzene rings is 3. The molecule has 0 saturated carbocycles. The lowest BCUT2D eigenvalue weighted by atomic mass is 10.1. The zero-order chi connectivity index (χ0) is 24.2. The van der Waals surface area contributed by atoms with Crippen LogP contribution < -0.4 is 9.47 Å². The van der Waals surface area contributed by atoms with Crippen LogP contribution in [0.1, 0.15) is 22.3 Å². The van der Waals surface area contributed by atoms with Crippen LogP contribution in [0, 0.1) is 10.5 Å². The zero-order valence-corrected chi connectivity index (χ0v) is 22.2. The maximum atomic E-state index is 12.9. The summed E-state index contributed by atoms with van der Waals surface area (Å²) >= 11 is 9.04. The van der Waals surface area contributed by atoms with E-state index < -0.39 is 0 Å². The van der Waals surface area contributed by atoms with Crippen LogP contribution in [-0.4, -0.2) is 23.2 Å². The van der Waals surface area contributed by atoms with Crippen molar-refractivity contribution in [3.63, 3.8) is 0 Å². The minimum absolute atomic E-state index is 0.200. The smallest absolute Gasteiger partial charge is 0.293 e. The van der Waals surface area contributed by atoms with E-state index in [-0.39, 0.29) is 17.7 Å². The van der Waals surface area contributed by atoms with Gasteiger partial charge in [-0.3, -0.25) is 14.5 Å². The molecule has 0 N–H and O–H groups in total. The fourth-order valence-electron chi connectivity index (χ4n) is 3.48. The van der Waals surface area contributed by atoms with Crippen molar-refractivity contribution in [2.45, 2.75) is 20.1 Å². The highest BCUT2D eigenvalue weighted by molar-refractivity contribution is 14.1. The van der Waals surface area contributed by atoms with Gasteiger partial charge in [-0.2, -0.15) is 0 Å². The number of hydrogen-bond donors (Lipinski definition) is 0. The van der Waals surface area contributed by atoms with Crippen molar-refractivity contribution in [1.82, 2.24) is 4.90 Å². The van der Waals surface area contributed by atoms with Crippen molar-refractivity contribution in [2.24, 2.45) is 0 Å². The highest BCUT2D eigenvalue weighted by Crippen LogP contribution is 2.38. The van der Waals surface area contributed by atoms with Crippen LogP contribution in [-0.2, 0) is 17.9 Å². The molecule has 3 aromatic carbocycles. The number of aryl methyl sites for hydroxylation is 1. The Labute approximate surface area is 221 Å². The van der Waals surface area contributed by atoms with Gasteiger partial charge in [0.1, 0.15) is 6.61 Å². The van der Waals surface area contributed by atoms with E-state index in [0.29, 0.717) is 28.0 Å². The van der Waals surface area contributed by atoms with Crippen LogP contribution >= 0.6 is 46.0 Å². The second kappa shape index (κ2) is 10.8. The Morgan fingerprint density at radius 3 is 2.53 bits per heavy atom. The molecule has 3 aromatic rings. The van der Waals surface area contributed by atoms with E-state index in [0.717, 1.165) is 32.0 Å². The Morgan fingerprint density at radius 2 is 1.82 bits per heavy atom. The van der Waals surface area contributed by atoms with Gasteiger partial charge in [-0.25, -0.2) is 0 Å². The molecule has 5 nitrogen and oxygen atoms in total. The quantitative estimate of drug-likeness (QED) is 0.213.